The van der Waals surface area contributed by atoms with Crippen molar-refractivity contribution in [3.05, 3.63) is 58.1 Å². The molecule has 0 saturated heterocycles. The standard InChI is InChI=1S/C21H24BrN3O5S/c1-28-9-8-23-19(26)14-4-3-5-16(12-14)24-21(31)25-20(27)17-13-15(22)6-7-18(17)30-11-10-29-2/h3-7,12-13H,8-11H2,1-2H3,(H,23,26)(H2,24,25,27,31). The van der Waals surface area contributed by atoms with Gasteiger partial charge in [0.15, 0.2) is 5.11 Å². The van der Waals surface area contributed by atoms with Crippen molar-refractivity contribution in [1.29, 1.82) is 0 Å². The van der Waals surface area contributed by atoms with Crippen LogP contribution in [0, 0.1) is 0 Å². The van der Waals surface area contributed by atoms with E-state index >= 15 is 0 Å². The number of anilines is 1. The van der Waals surface area contributed by atoms with Gasteiger partial charge in [0.25, 0.3) is 11.8 Å². The van der Waals surface area contributed by atoms with E-state index in [1.165, 1.54) is 0 Å². The maximum Gasteiger partial charge on any atom is 0.261 e. The molecule has 10 heteroatoms. The molecule has 2 rings (SSSR count). The number of ether oxygens (including phenoxy) is 3. The first kappa shape index (κ1) is 24.7. The number of thiocarbonyl (C=S) groups is 1. The molecule has 31 heavy (non-hydrogen) atoms. The molecule has 3 N–H and O–H groups in total. The molecule has 0 saturated carbocycles. The second-order valence-corrected chi connectivity index (χ2v) is 7.54. The van der Waals surface area contributed by atoms with Crippen molar-refractivity contribution >= 4 is 50.8 Å². The molecule has 8 nitrogen and oxygen atoms in total. The minimum absolute atomic E-state index is 0.0877. The minimum Gasteiger partial charge on any atom is -0.490 e. The molecule has 2 aromatic carbocycles. The predicted molar refractivity (Wildman–Crippen MR) is 126 cm³/mol. The molecule has 0 bridgehead atoms. The van der Waals surface area contributed by atoms with Crippen LogP contribution < -0.4 is 20.7 Å². The van der Waals surface area contributed by atoms with Gasteiger partial charge < -0.3 is 24.8 Å². The zero-order chi connectivity index (χ0) is 22.6. The van der Waals surface area contributed by atoms with Crippen molar-refractivity contribution < 1.29 is 23.8 Å². The van der Waals surface area contributed by atoms with Crippen LogP contribution in [0.3, 0.4) is 0 Å². The largest absolute Gasteiger partial charge is 0.490 e. The molecule has 0 aliphatic rings. The number of carbonyl (C=O) groups is 2. The summed E-state index contributed by atoms with van der Waals surface area (Å²) < 4.78 is 16.2. The lowest BCUT2D eigenvalue weighted by Gasteiger charge is -2.14. The predicted octanol–water partition coefficient (Wildman–Crippen LogP) is 2.98. The fourth-order valence-corrected chi connectivity index (χ4v) is 3.05. The molecule has 2 aromatic rings. The molecular formula is C21H24BrN3O5S. The molecule has 0 aliphatic heterocycles. The van der Waals surface area contributed by atoms with Crippen molar-refractivity contribution in [2.45, 2.75) is 0 Å². The second kappa shape index (κ2) is 13.0. The van der Waals surface area contributed by atoms with Crippen LogP contribution >= 0.6 is 28.1 Å². The number of nitrogens with one attached hydrogen (secondary N) is 3. The third-order valence-electron chi connectivity index (χ3n) is 3.93. The van der Waals surface area contributed by atoms with Crippen LogP contribution in [-0.2, 0) is 9.47 Å². The Bertz CT molecular complexity index is 926. The van der Waals surface area contributed by atoms with E-state index in [4.69, 9.17) is 26.4 Å². The highest BCUT2D eigenvalue weighted by atomic mass is 79.9. The maximum absolute atomic E-state index is 12.7. The van der Waals surface area contributed by atoms with Crippen molar-refractivity contribution in [3.8, 4) is 5.75 Å². The Balaban J connectivity index is 2.01. The smallest absolute Gasteiger partial charge is 0.261 e. The fourth-order valence-electron chi connectivity index (χ4n) is 2.48. The first-order chi connectivity index (χ1) is 14.9. The zero-order valence-corrected chi connectivity index (χ0v) is 19.6. The Morgan fingerprint density at radius 2 is 1.77 bits per heavy atom. The fraction of sp³-hybridized carbons (Fsp3) is 0.286. The van der Waals surface area contributed by atoms with E-state index in [2.05, 4.69) is 31.9 Å². The quantitative estimate of drug-likeness (QED) is 0.334. The van der Waals surface area contributed by atoms with E-state index in [0.717, 1.165) is 4.47 Å². The third-order valence-corrected chi connectivity index (χ3v) is 4.63. The lowest BCUT2D eigenvalue weighted by Crippen LogP contribution is -2.34. The molecule has 166 valence electrons. The molecule has 0 radical (unpaired) electrons. The van der Waals surface area contributed by atoms with Gasteiger partial charge in [-0.2, -0.15) is 0 Å². The van der Waals surface area contributed by atoms with Gasteiger partial charge in [0.05, 0.1) is 18.8 Å². The van der Waals surface area contributed by atoms with E-state index in [1.54, 1.807) is 56.7 Å². The van der Waals surface area contributed by atoms with E-state index in [1.807, 2.05) is 0 Å². The highest BCUT2D eigenvalue weighted by Gasteiger charge is 2.15. The van der Waals surface area contributed by atoms with Crippen molar-refractivity contribution in [1.82, 2.24) is 10.6 Å². The van der Waals surface area contributed by atoms with Crippen LogP contribution in [0.4, 0.5) is 5.69 Å². The van der Waals surface area contributed by atoms with Gasteiger partial charge in [-0.25, -0.2) is 0 Å². The Hall–Kier alpha value is -2.53. The SMILES string of the molecule is COCCNC(=O)c1cccc(NC(=S)NC(=O)c2cc(Br)ccc2OCCOC)c1. The van der Waals surface area contributed by atoms with Crippen molar-refractivity contribution in [2.24, 2.45) is 0 Å². The zero-order valence-electron chi connectivity index (χ0n) is 17.2. The average Bonchev–Trinajstić information content (AvgIpc) is 2.75. The monoisotopic (exact) mass is 509 g/mol. The molecule has 0 unspecified atom stereocenters. The minimum atomic E-state index is -0.431. The molecule has 0 atom stereocenters. The summed E-state index contributed by atoms with van der Waals surface area (Å²) in [6, 6.07) is 11.9. The van der Waals surface area contributed by atoms with Crippen LogP contribution in [-0.4, -0.2) is 57.5 Å². The van der Waals surface area contributed by atoms with E-state index in [0.29, 0.717) is 48.9 Å². The molecule has 0 aromatic heterocycles. The van der Waals surface area contributed by atoms with Gasteiger partial charge in [0.1, 0.15) is 12.4 Å². The topological polar surface area (TPSA) is 97.9 Å². The van der Waals surface area contributed by atoms with Crippen molar-refractivity contribution in [3.63, 3.8) is 0 Å². The van der Waals surface area contributed by atoms with Gasteiger partial charge in [-0.1, -0.05) is 22.0 Å². The molecule has 0 spiro atoms. The molecule has 0 fully saturated rings. The van der Waals surface area contributed by atoms with Gasteiger partial charge in [-0.05, 0) is 48.6 Å². The van der Waals surface area contributed by atoms with Gasteiger partial charge in [0, 0.05) is 36.5 Å². The number of carbonyl (C=O) groups excluding carboxylic acids is 2. The summed E-state index contributed by atoms with van der Waals surface area (Å²) in [7, 11) is 3.13. The number of hydrogen-bond donors (Lipinski definition) is 3. The van der Waals surface area contributed by atoms with Crippen LogP contribution in [0.5, 0.6) is 5.75 Å². The summed E-state index contributed by atoms with van der Waals surface area (Å²) in [5, 5.41) is 8.37. The number of amides is 2. The molecule has 0 aliphatic carbocycles. The Morgan fingerprint density at radius 3 is 2.52 bits per heavy atom. The Labute approximate surface area is 194 Å². The maximum atomic E-state index is 12.7. The molecule has 2 amide bonds. The number of hydrogen-bond acceptors (Lipinski definition) is 6. The first-order valence-corrected chi connectivity index (χ1v) is 10.6. The van der Waals surface area contributed by atoms with E-state index in [-0.39, 0.29) is 11.0 Å². The first-order valence-electron chi connectivity index (χ1n) is 9.35. The van der Waals surface area contributed by atoms with E-state index in [9.17, 15) is 9.59 Å². The highest BCUT2D eigenvalue weighted by Crippen LogP contribution is 2.23. The lowest BCUT2D eigenvalue weighted by atomic mass is 10.2. The average molecular weight is 510 g/mol. The molecule has 0 heterocycles. The number of rotatable bonds is 10. The highest BCUT2D eigenvalue weighted by molar-refractivity contribution is 9.10. The summed E-state index contributed by atoms with van der Waals surface area (Å²) >= 11 is 8.61. The number of methoxy groups -OCH3 is 2. The lowest BCUT2D eigenvalue weighted by molar-refractivity contribution is 0.0935. The Kier molecular flexibility index (Phi) is 10.4. The van der Waals surface area contributed by atoms with Gasteiger partial charge in [-0.15, -0.1) is 0 Å². The summed E-state index contributed by atoms with van der Waals surface area (Å²) in [6.45, 7) is 1.53. The summed E-state index contributed by atoms with van der Waals surface area (Å²) in [5.74, 6) is -0.252. The van der Waals surface area contributed by atoms with Crippen LogP contribution in [0.1, 0.15) is 20.7 Å². The number of halogens is 1. The summed E-state index contributed by atoms with van der Waals surface area (Å²) in [6.07, 6.45) is 0. The van der Waals surface area contributed by atoms with Crippen LogP contribution in [0.15, 0.2) is 46.9 Å². The summed E-state index contributed by atoms with van der Waals surface area (Å²) in [4.78, 5) is 24.9. The van der Waals surface area contributed by atoms with Gasteiger partial charge in [0.2, 0.25) is 0 Å². The van der Waals surface area contributed by atoms with Crippen LogP contribution in [0.25, 0.3) is 0 Å². The van der Waals surface area contributed by atoms with Crippen LogP contribution in [0.2, 0.25) is 0 Å². The second-order valence-electron chi connectivity index (χ2n) is 6.22. The van der Waals surface area contributed by atoms with Gasteiger partial charge in [-0.3, -0.25) is 14.9 Å². The van der Waals surface area contributed by atoms with Gasteiger partial charge >= 0.3 is 0 Å². The third kappa shape index (κ3) is 8.25. The molecular weight excluding hydrogens is 486 g/mol. The number of benzene rings is 2. The Morgan fingerprint density at radius 1 is 1.00 bits per heavy atom. The normalized spacial score (nSPS) is 10.3. The van der Waals surface area contributed by atoms with E-state index < -0.39 is 5.91 Å². The summed E-state index contributed by atoms with van der Waals surface area (Å²) in [5.41, 5.74) is 1.34. The van der Waals surface area contributed by atoms with Crippen molar-refractivity contribution in [2.75, 3.05) is 45.9 Å².